The van der Waals surface area contributed by atoms with Crippen molar-refractivity contribution in [1.82, 2.24) is 0 Å². The minimum Gasteiger partial charge on any atom is -0.423 e. The van der Waals surface area contributed by atoms with Crippen LogP contribution < -0.4 is 5.46 Å². The number of rotatable bonds is 3. The Kier molecular flexibility index (Phi) is 3.25. The smallest absolute Gasteiger partial charge is 0.423 e. The molecular formula is C9H11BO3. The van der Waals surface area contributed by atoms with Crippen LogP contribution in [0.1, 0.15) is 11.7 Å². The van der Waals surface area contributed by atoms with Crippen molar-refractivity contribution in [3.63, 3.8) is 0 Å². The quantitative estimate of drug-likeness (QED) is 0.435. The lowest BCUT2D eigenvalue weighted by Crippen LogP contribution is -2.29. The van der Waals surface area contributed by atoms with E-state index < -0.39 is 13.2 Å². The summed E-state index contributed by atoms with van der Waals surface area (Å²) in [6, 6.07) is 6.35. The fourth-order valence-corrected chi connectivity index (χ4v) is 1.00. The van der Waals surface area contributed by atoms with Gasteiger partial charge in [-0.25, -0.2) is 0 Å². The lowest BCUT2D eigenvalue weighted by molar-refractivity contribution is 0.229. The second-order valence-electron chi connectivity index (χ2n) is 2.72. The summed E-state index contributed by atoms with van der Waals surface area (Å²) in [6.07, 6.45) is 0.703. The summed E-state index contributed by atoms with van der Waals surface area (Å²) in [4.78, 5) is 0. The molecule has 1 atom stereocenters. The molecule has 0 aliphatic heterocycles. The molecule has 0 saturated heterocycles. The van der Waals surface area contributed by atoms with E-state index in [1.165, 1.54) is 6.08 Å². The molecule has 1 rings (SSSR count). The van der Waals surface area contributed by atoms with Gasteiger partial charge < -0.3 is 15.2 Å². The maximum atomic E-state index is 9.32. The van der Waals surface area contributed by atoms with Crippen LogP contribution in [0.15, 0.2) is 36.9 Å². The summed E-state index contributed by atoms with van der Waals surface area (Å²) < 4.78 is 0. The first kappa shape index (κ1) is 9.99. The van der Waals surface area contributed by atoms with Crippen molar-refractivity contribution in [1.29, 1.82) is 0 Å². The molecular weight excluding hydrogens is 167 g/mol. The van der Waals surface area contributed by atoms with E-state index in [0.29, 0.717) is 11.0 Å². The van der Waals surface area contributed by atoms with Crippen LogP contribution in [0.25, 0.3) is 0 Å². The Hall–Kier alpha value is -1.10. The van der Waals surface area contributed by atoms with Crippen molar-refractivity contribution in [2.24, 2.45) is 0 Å². The van der Waals surface area contributed by atoms with E-state index in [4.69, 9.17) is 10.0 Å². The average Bonchev–Trinajstić information content (AvgIpc) is 2.17. The van der Waals surface area contributed by atoms with Gasteiger partial charge in [0.15, 0.2) is 0 Å². The maximum Gasteiger partial charge on any atom is 0.488 e. The third-order valence-corrected chi connectivity index (χ3v) is 1.80. The molecule has 0 amide bonds. The van der Waals surface area contributed by atoms with E-state index in [2.05, 4.69) is 6.58 Å². The molecule has 3 nitrogen and oxygen atoms in total. The van der Waals surface area contributed by atoms with E-state index in [1.54, 1.807) is 24.3 Å². The molecule has 0 aliphatic rings. The van der Waals surface area contributed by atoms with Gasteiger partial charge in [0, 0.05) is 0 Å². The van der Waals surface area contributed by atoms with Crippen molar-refractivity contribution in [3.05, 3.63) is 42.5 Å². The van der Waals surface area contributed by atoms with Gasteiger partial charge in [0.1, 0.15) is 0 Å². The van der Waals surface area contributed by atoms with Gasteiger partial charge in [0.2, 0.25) is 0 Å². The minimum absolute atomic E-state index is 0.403. The highest BCUT2D eigenvalue weighted by Crippen LogP contribution is 2.11. The molecule has 0 radical (unpaired) electrons. The maximum absolute atomic E-state index is 9.32. The first-order chi connectivity index (χ1) is 6.15. The van der Waals surface area contributed by atoms with Gasteiger partial charge in [0.25, 0.3) is 0 Å². The summed E-state index contributed by atoms with van der Waals surface area (Å²) in [5.41, 5.74) is 1.08. The van der Waals surface area contributed by atoms with Crippen LogP contribution in [0.2, 0.25) is 0 Å². The van der Waals surface area contributed by atoms with Crippen LogP contribution in [-0.4, -0.2) is 22.3 Å². The predicted octanol–water partition coefficient (Wildman–Crippen LogP) is -0.414. The van der Waals surface area contributed by atoms with Crippen LogP contribution in [-0.2, 0) is 0 Å². The van der Waals surface area contributed by atoms with Crippen LogP contribution in [0.4, 0.5) is 0 Å². The first-order valence-corrected chi connectivity index (χ1v) is 3.91. The Labute approximate surface area is 77.1 Å². The molecule has 0 aromatic heterocycles. The molecule has 1 aromatic rings. The topological polar surface area (TPSA) is 60.7 Å². The normalized spacial score (nSPS) is 12.2. The average molecular weight is 178 g/mol. The zero-order chi connectivity index (χ0) is 9.84. The second kappa shape index (κ2) is 4.23. The van der Waals surface area contributed by atoms with Gasteiger partial charge in [-0.2, -0.15) is 0 Å². The van der Waals surface area contributed by atoms with Crippen molar-refractivity contribution >= 4 is 12.6 Å². The Morgan fingerprint density at radius 2 is 1.77 bits per heavy atom. The Morgan fingerprint density at radius 3 is 2.15 bits per heavy atom. The molecule has 0 heterocycles. The van der Waals surface area contributed by atoms with Gasteiger partial charge in [0.05, 0.1) is 6.10 Å². The standard InChI is InChI=1S/C9H11BO3/c1-2-9(11)7-3-5-8(6-4-7)10(12)13/h2-6,9,11-13H,1H2. The molecule has 1 unspecified atom stereocenters. The van der Waals surface area contributed by atoms with E-state index in [9.17, 15) is 5.11 Å². The van der Waals surface area contributed by atoms with Crippen molar-refractivity contribution < 1.29 is 15.2 Å². The van der Waals surface area contributed by atoms with Gasteiger partial charge in [-0.05, 0) is 11.0 Å². The minimum atomic E-state index is -1.46. The molecule has 3 N–H and O–H groups in total. The molecule has 0 aliphatic carbocycles. The summed E-state index contributed by atoms with van der Waals surface area (Å²) in [7, 11) is -1.46. The number of hydrogen-bond donors (Lipinski definition) is 3. The van der Waals surface area contributed by atoms with Gasteiger partial charge in [-0.15, -0.1) is 6.58 Å². The third-order valence-electron chi connectivity index (χ3n) is 1.80. The van der Waals surface area contributed by atoms with Crippen LogP contribution in [0.5, 0.6) is 0 Å². The molecule has 68 valence electrons. The zero-order valence-electron chi connectivity index (χ0n) is 7.09. The number of hydrogen-bond acceptors (Lipinski definition) is 3. The largest absolute Gasteiger partial charge is 0.488 e. The summed E-state index contributed by atoms with van der Waals surface area (Å²) >= 11 is 0. The van der Waals surface area contributed by atoms with E-state index >= 15 is 0 Å². The Balaban J connectivity index is 2.87. The fourth-order valence-electron chi connectivity index (χ4n) is 1.00. The molecule has 4 heteroatoms. The summed E-state index contributed by atoms with van der Waals surface area (Å²) in [6.45, 7) is 3.45. The molecule has 0 fully saturated rings. The molecule has 1 aromatic carbocycles. The van der Waals surface area contributed by atoms with Crippen molar-refractivity contribution in [2.45, 2.75) is 6.10 Å². The number of aliphatic hydroxyl groups excluding tert-OH is 1. The lowest BCUT2D eigenvalue weighted by atomic mass is 9.80. The van der Waals surface area contributed by atoms with Crippen molar-refractivity contribution in [3.8, 4) is 0 Å². The van der Waals surface area contributed by atoms with Crippen LogP contribution >= 0.6 is 0 Å². The molecule has 0 bridgehead atoms. The molecule has 13 heavy (non-hydrogen) atoms. The second-order valence-corrected chi connectivity index (χ2v) is 2.72. The highest BCUT2D eigenvalue weighted by Gasteiger charge is 2.10. The van der Waals surface area contributed by atoms with Gasteiger partial charge in [-0.1, -0.05) is 30.3 Å². The highest BCUT2D eigenvalue weighted by atomic mass is 16.4. The SMILES string of the molecule is C=CC(O)c1ccc(B(O)O)cc1. The Morgan fingerprint density at radius 1 is 1.23 bits per heavy atom. The Bertz CT molecular complexity index is 281. The van der Waals surface area contributed by atoms with E-state index in [0.717, 1.165) is 0 Å². The van der Waals surface area contributed by atoms with Gasteiger partial charge in [-0.3, -0.25) is 0 Å². The number of benzene rings is 1. The highest BCUT2D eigenvalue weighted by molar-refractivity contribution is 6.58. The fraction of sp³-hybridized carbons (Fsp3) is 0.111. The van der Waals surface area contributed by atoms with Crippen LogP contribution in [0, 0.1) is 0 Å². The van der Waals surface area contributed by atoms with E-state index in [1.807, 2.05) is 0 Å². The van der Waals surface area contributed by atoms with Crippen molar-refractivity contribution in [2.75, 3.05) is 0 Å². The first-order valence-electron chi connectivity index (χ1n) is 3.91. The summed E-state index contributed by atoms with van der Waals surface area (Å²) in [5.74, 6) is 0. The monoisotopic (exact) mass is 178 g/mol. The molecule has 0 saturated carbocycles. The lowest BCUT2D eigenvalue weighted by Gasteiger charge is -2.06. The number of aliphatic hydroxyl groups is 1. The van der Waals surface area contributed by atoms with Gasteiger partial charge >= 0.3 is 7.12 Å². The van der Waals surface area contributed by atoms with E-state index in [-0.39, 0.29) is 0 Å². The summed E-state index contributed by atoms with van der Waals surface area (Å²) in [5, 5.41) is 26.9. The predicted molar refractivity (Wildman–Crippen MR) is 51.4 cm³/mol. The molecule has 0 spiro atoms. The third kappa shape index (κ3) is 2.42. The van der Waals surface area contributed by atoms with Crippen LogP contribution in [0.3, 0.4) is 0 Å². The zero-order valence-corrected chi connectivity index (χ0v) is 7.09.